The molecule has 0 radical (unpaired) electrons. The van der Waals surface area contributed by atoms with Crippen LogP contribution >= 0.6 is 0 Å². The number of carbonyl (C=O) groups is 1. The van der Waals surface area contributed by atoms with E-state index in [1.54, 1.807) is 14.2 Å². The SMILES string of the molecule is COC(=O)[C@@H]1C(N(Cc2ccc(OC)c(OC)c2)[C@H](C)c2ccccc2)CC[C@H]1C(C)C. The van der Waals surface area contributed by atoms with Crippen LogP contribution in [0.1, 0.15) is 50.8 Å². The van der Waals surface area contributed by atoms with Gasteiger partial charge in [0, 0.05) is 18.6 Å². The quantitative estimate of drug-likeness (QED) is 0.484. The average molecular weight is 440 g/mol. The number of rotatable bonds is 9. The Balaban J connectivity index is 2.00. The molecule has 1 fully saturated rings. The maximum Gasteiger partial charge on any atom is 0.310 e. The molecule has 2 aromatic carbocycles. The number of benzene rings is 2. The first kappa shape index (κ1) is 24.1. The summed E-state index contributed by atoms with van der Waals surface area (Å²) in [6, 6.07) is 16.8. The van der Waals surface area contributed by atoms with Crippen molar-refractivity contribution in [1.29, 1.82) is 0 Å². The van der Waals surface area contributed by atoms with E-state index in [4.69, 9.17) is 14.2 Å². The van der Waals surface area contributed by atoms with E-state index in [1.165, 1.54) is 12.7 Å². The molecular formula is C27H37NO4. The van der Waals surface area contributed by atoms with Gasteiger partial charge in [0.15, 0.2) is 11.5 Å². The van der Waals surface area contributed by atoms with Crippen molar-refractivity contribution in [1.82, 2.24) is 4.90 Å². The van der Waals surface area contributed by atoms with Crippen LogP contribution < -0.4 is 9.47 Å². The van der Waals surface area contributed by atoms with E-state index in [0.717, 1.165) is 18.4 Å². The molecule has 174 valence electrons. The molecule has 1 aliphatic rings. The fourth-order valence-electron chi connectivity index (χ4n) is 5.25. The van der Waals surface area contributed by atoms with Gasteiger partial charge in [0.1, 0.15) is 0 Å². The molecule has 0 aliphatic heterocycles. The van der Waals surface area contributed by atoms with Crippen LogP contribution in [0, 0.1) is 17.8 Å². The second kappa shape index (κ2) is 10.9. The zero-order chi connectivity index (χ0) is 23.3. The molecule has 0 heterocycles. The molecule has 32 heavy (non-hydrogen) atoms. The van der Waals surface area contributed by atoms with Crippen LogP contribution in [0.4, 0.5) is 0 Å². The van der Waals surface area contributed by atoms with Gasteiger partial charge >= 0.3 is 5.97 Å². The normalized spacial score (nSPS) is 21.6. The van der Waals surface area contributed by atoms with Crippen molar-refractivity contribution in [3.05, 3.63) is 59.7 Å². The first-order valence-electron chi connectivity index (χ1n) is 11.5. The average Bonchev–Trinajstić information content (AvgIpc) is 3.27. The lowest BCUT2D eigenvalue weighted by Gasteiger charge is -2.38. The maximum absolute atomic E-state index is 13.0. The minimum Gasteiger partial charge on any atom is -0.493 e. The Bertz CT molecular complexity index is 882. The van der Waals surface area contributed by atoms with Crippen LogP contribution in [0.25, 0.3) is 0 Å². The van der Waals surface area contributed by atoms with Gasteiger partial charge in [-0.1, -0.05) is 50.2 Å². The Labute approximate surface area is 192 Å². The lowest BCUT2D eigenvalue weighted by atomic mass is 9.84. The van der Waals surface area contributed by atoms with Crippen molar-refractivity contribution in [3.8, 4) is 11.5 Å². The smallest absolute Gasteiger partial charge is 0.310 e. The van der Waals surface area contributed by atoms with Gasteiger partial charge in [-0.05, 0) is 54.9 Å². The topological polar surface area (TPSA) is 48.0 Å². The molecule has 0 amide bonds. The van der Waals surface area contributed by atoms with E-state index in [-0.39, 0.29) is 24.0 Å². The molecule has 0 N–H and O–H groups in total. The van der Waals surface area contributed by atoms with E-state index >= 15 is 0 Å². The van der Waals surface area contributed by atoms with E-state index in [2.05, 4.69) is 56.0 Å². The molecule has 4 atom stereocenters. The molecule has 2 aromatic rings. The predicted octanol–water partition coefficient (Wildman–Crippen LogP) is 5.49. The summed E-state index contributed by atoms with van der Waals surface area (Å²) in [6.45, 7) is 7.36. The Morgan fingerprint density at radius 1 is 0.969 bits per heavy atom. The fourth-order valence-corrected chi connectivity index (χ4v) is 5.25. The van der Waals surface area contributed by atoms with E-state index < -0.39 is 0 Å². The molecule has 3 rings (SSSR count). The van der Waals surface area contributed by atoms with Crippen LogP contribution in [0.15, 0.2) is 48.5 Å². The summed E-state index contributed by atoms with van der Waals surface area (Å²) in [7, 11) is 4.81. The lowest BCUT2D eigenvalue weighted by Crippen LogP contribution is -2.44. The van der Waals surface area contributed by atoms with Gasteiger partial charge in [-0.25, -0.2) is 0 Å². The molecule has 5 nitrogen and oxygen atoms in total. The van der Waals surface area contributed by atoms with Crippen molar-refractivity contribution >= 4 is 5.97 Å². The Kier molecular flexibility index (Phi) is 8.19. The van der Waals surface area contributed by atoms with Crippen molar-refractivity contribution in [2.24, 2.45) is 17.8 Å². The molecule has 5 heteroatoms. The number of hydrogen-bond acceptors (Lipinski definition) is 5. The molecule has 0 saturated heterocycles. The Hall–Kier alpha value is -2.53. The van der Waals surface area contributed by atoms with Gasteiger partial charge in [-0.3, -0.25) is 9.69 Å². The van der Waals surface area contributed by atoms with Crippen molar-refractivity contribution in [3.63, 3.8) is 0 Å². The highest BCUT2D eigenvalue weighted by Gasteiger charge is 2.46. The second-order valence-corrected chi connectivity index (χ2v) is 9.05. The van der Waals surface area contributed by atoms with Gasteiger partial charge in [-0.2, -0.15) is 0 Å². The molecule has 0 aromatic heterocycles. The van der Waals surface area contributed by atoms with Gasteiger partial charge in [0.05, 0.1) is 27.2 Å². The number of hydrogen-bond donors (Lipinski definition) is 0. The van der Waals surface area contributed by atoms with Crippen LogP contribution in [0.2, 0.25) is 0 Å². The van der Waals surface area contributed by atoms with Gasteiger partial charge in [0.25, 0.3) is 0 Å². The number of carbonyl (C=O) groups excluding carboxylic acids is 1. The van der Waals surface area contributed by atoms with Crippen LogP contribution in [-0.2, 0) is 16.1 Å². The third kappa shape index (κ3) is 5.09. The maximum atomic E-state index is 13.0. The zero-order valence-corrected chi connectivity index (χ0v) is 20.2. The zero-order valence-electron chi connectivity index (χ0n) is 20.2. The van der Waals surface area contributed by atoms with Crippen LogP contribution in [0.3, 0.4) is 0 Å². The molecule has 1 unspecified atom stereocenters. The Morgan fingerprint density at radius 2 is 1.66 bits per heavy atom. The minimum atomic E-state index is -0.133. The summed E-state index contributed by atoms with van der Waals surface area (Å²) in [5.41, 5.74) is 2.37. The number of nitrogens with zero attached hydrogens (tertiary/aromatic N) is 1. The minimum absolute atomic E-state index is 0.0937. The highest BCUT2D eigenvalue weighted by Crippen LogP contribution is 2.43. The molecule has 1 aliphatic carbocycles. The predicted molar refractivity (Wildman–Crippen MR) is 127 cm³/mol. The van der Waals surface area contributed by atoms with E-state index in [0.29, 0.717) is 29.9 Å². The standard InChI is InChI=1S/C27H37NO4/c1-18(2)22-13-14-23(26(22)27(29)32-6)28(19(3)21-10-8-7-9-11-21)17-20-12-15-24(30-4)25(16-20)31-5/h7-12,15-16,18-19,22-23,26H,13-14,17H2,1-6H3/t19-,22+,23?,26+/m1/s1. The Morgan fingerprint density at radius 3 is 2.25 bits per heavy atom. The summed E-state index contributed by atoms with van der Waals surface area (Å²) in [4.78, 5) is 15.4. The number of esters is 1. The molecule has 0 spiro atoms. The molecule has 1 saturated carbocycles. The summed E-state index contributed by atoms with van der Waals surface area (Å²) in [5.74, 6) is 1.96. The third-order valence-corrected chi connectivity index (χ3v) is 7.02. The van der Waals surface area contributed by atoms with Gasteiger partial charge < -0.3 is 14.2 Å². The number of methoxy groups -OCH3 is 3. The van der Waals surface area contributed by atoms with Crippen molar-refractivity contribution in [2.45, 2.75) is 52.2 Å². The molecule has 0 bridgehead atoms. The summed E-state index contributed by atoms with van der Waals surface area (Å²) in [5, 5.41) is 0. The summed E-state index contributed by atoms with van der Waals surface area (Å²) >= 11 is 0. The molecular weight excluding hydrogens is 402 g/mol. The van der Waals surface area contributed by atoms with E-state index in [9.17, 15) is 4.79 Å². The van der Waals surface area contributed by atoms with Gasteiger partial charge in [0.2, 0.25) is 0 Å². The van der Waals surface area contributed by atoms with Crippen LogP contribution in [-0.4, -0.2) is 38.2 Å². The van der Waals surface area contributed by atoms with Gasteiger partial charge in [-0.15, -0.1) is 0 Å². The first-order valence-corrected chi connectivity index (χ1v) is 11.5. The lowest BCUT2D eigenvalue weighted by molar-refractivity contribution is -0.150. The summed E-state index contributed by atoms with van der Waals surface area (Å²) in [6.07, 6.45) is 2.01. The third-order valence-electron chi connectivity index (χ3n) is 7.02. The van der Waals surface area contributed by atoms with Crippen molar-refractivity contribution in [2.75, 3.05) is 21.3 Å². The highest BCUT2D eigenvalue weighted by atomic mass is 16.5. The summed E-state index contributed by atoms with van der Waals surface area (Å²) < 4.78 is 16.2. The second-order valence-electron chi connectivity index (χ2n) is 9.05. The van der Waals surface area contributed by atoms with Crippen LogP contribution in [0.5, 0.6) is 11.5 Å². The highest BCUT2D eigenvalue weighted by molar-refractivity contribution is 5.74. The monoisotopic (exact) mass is 439 g/mol. The van der Waals surface area contributed by atoms with Crippen molar-refractivity contribution < 1.29 is 19.0 Å². The number of ether oxygens (including phenoxy) is 3. The first-order chi connectivity index (χ1) is 15.4. The van der Waals surface area contributed by atoms with E-state index in [1.807, 2.05) is 18.2 Å². The fraction of sp³-hybridized carbons (Fsp3) is 0.519. The largest absolute Gasteiger partial charge is 0.493 e.